The van der Waals surface area contributed by atoms with Gasteiger partial charge in [0.2, 0.25) is 12.3 Å². The van der Waals surface area contributed by atoms with Crippen molar-refractivity contribution in [3.05, 3.63) is 30.3 Å². The molecule has 0 aliphatic heterocycles. The highest BCUT2D eigenvalue weighted by Gasteiger charge is 2.18. The number of aliphatic carboxylic acids is 1. The molecule has 0 saturated heterocycles. The molecule has 0 aliphatic rings. The highest BCUT2D eigenvalue weighted by Crippen LogP contribution is 2.34. The molecule has 0 bridgehead atoms. The largest absolute Gasteiger partial charge is 0.504 e. The lowest BCUT2D eigenvalue weighted by molar-refractivity contribution is -0.138. The zero-order valence-corrected chi connectivity index (χ0v) is 13.4. The fraction of sp³-hybridized carbons (Fsp3) is 0.333. The molecule has 0 aromatic heterocycles. The van der Waals surface area contributed by atoms with Gasteiger partial charge >= 0.3 is 5.97 Å². The Balaban J connectivity index is 2.90. The van der Waals surface area contributed by atoms with Crippen LogP contribution in [0.5, 0.6) is 11.5 Å². The van der Waals surface area contributed by atoms with Gasteiger partial charge in [-0.25, -0.2) is 0 Å². The summed E-state index contributed by atoms with van der Waals surface area (Å²) in [5.41, 5.74) is 5.60. The van der Waals surface area contributed by atoms with E-state index in [-0.39, 0.29) is 31.9 Å². The van der Waals surface area contributed by atoms with E-state index in [1.807, 2.05) is 0 Å². The Bertz CT molecular complexity index is 621. The maximum absolute atomic E-state index is 11.0. The third kappa shape index (κ3) is 6.65. The van der Waals surface area contributed by atoms with E-state index in [0.29, 0.717) is 12.0 Å². The summed E-state index contributed by atoms with van der Waals surface area (Å²) in [5, 5.41) is 31.4. The van der Waals surface area contributed by atoms with Crippen LogP contribution in [0, 0.1) is 7.05 Å². The quantitative estimate of drug-likeness (QED) is 0.141. The number of phenolic OH excluding ortho intramolecular Hbond substituents is 2. The zero-order valence-electron chi connectivity index (χ0n) is 13.4. The van der Waals surface area contributed by atoms with Crippen molar-refractivity contribution in [2.24, 2.45) is 5.73 Å². The molecule has 1 aromatic rings. The maximum atomic E-state index is 11.0. The minimum atomic E-state index is -1.16. The molecule has 0 saturated carbocycles. The molecule has 1 aromatic carbocycles. The molecule has 25 heavy (non-hydrogen) atoms. The molecule has 6 N–H and O–H groups in total. The molecule has 2 radical (unpaired) electrons. The predicted octanol–water partition coefficient (Wildman–Crippen LogP) is -1.36. The van der Waals surface area contributed by atoms with Crippen molar-refractivity contribution in [2.45, 2.75) is 13.1 Å². The number of aromatic hydroxyl groups is 2. The van der Waals surface area contributed by atoms with Crippen LogP contribution in [0.25, 0.3) is 0 Å². The van der Waals surface area contributed by atoms with Gasteiger partial charge in [0.05, 0.1) is 19.8 Å². The highest BCUT2D eigenvalue weighted by atomic mass is 16.4. The third-order valence-corrected chi connectivity index (χ3v) is 3.20. The summed E-state index contributed by atoms with van der Waals surface area (Å²) in [6.45, 7) is -0.800. The van der Waals surface area contributed by atoms with Crippen molar-refractivity contribution in [3.8, 4) is 11.5 Å². The van der Waals surface area contributed by atoms with E-state index >= 15 is 0 Å². The van der Waals surface area contributed by atoms with Crippen LogP contribution in [0.4, 0.5) is 0 Å². The van der Waals surface area contributed by atoms with Gasteiger partial charge in [0.15, 0.2) is 11.5 Å². The average molecular weight is 352 g/mol. The molecule has 0 fully saturated rings. The van der Waals surface area contributed by atoms with Crippen LogP contribution in [-0.4, -0.2) is 63.2 Å². The summed E-state index contributed by atoms with van der Waals surface area (Å²) in [7, 11) is 5.63. The van der Waals surface area contributed by atoms with Crippen molar-refractivity contribution >= 4 is 18.3 Å². The summed E-state index contributed by atoms with van der Waals surface area (Å²) in [6.07, 6.45) is 0.468. The van der Waals surface area contributed by atoms with E-state index in [0.717, 1.165) is 0 Å². The van der Waals surface area contributed by atoms with E-state index in [1.54, 1.807) is 0 Å². The van der Waals surface area contributed by atoms with Gasteiger partial charge in [-0.15, -0.1) is 0 Å². The lowest BCUT2D eigenvalue weighted by atomic mass is 10.1. The Hall–Kier alpha value is -2.85. The second-order valence-corrected chi connectivity index (χ2v) is 5.31. The molecule has 0 atom stereocenters. The summed E-state index contributed by atoms with van der Waals surface area (Å²) >= 11 is 0. The number of carbonyl (C=O) groups excluding carboxylic acids is 2. The van der Waals surface area contributed by atoms with Gasteiger partial charge in [-0.2, -0.15) is 0 Å². The first kappa shape index (κ1) is 20.2. The van der Waals surface area contributed by atoms with Crippen LogP contribution in [-0.2, 0) is 27.5 Å². The van der Waals surface area contributed by atoms with Crippen LogP contribution in [0.15, 0.2) is 12.1 Å². The highest BCUT2D eigenvalue weighted by molar-refractivity contribution is 5.77. The topological polar surface area (TPSA) is 156 Å². The van der Waals surface area contributed by atoms with Crippen molar-refractivity contribution in [1.29, 1.82) is 0 Å². The Labute approximate surface area is 144 Å². The molecule has 10 heteroatoms. The number of nitrogens with zero attached hydrogens (tertiary/aromatic N) is 2. The molecule has 136 valence electrons. The average Bonchev–Trinajstić information content (AvgIpc) is 2.51. The lowest BCUT2D eigenvalue weighted by Crippen LogP contribution is -2.36. The lowest BCUT2D eigenvalue weighted by Gasteiger charge is -2.21. The molecule has 10 nitrogen and oxygen atoms in total. The van der Waals surface area contributed by atoms with Gasteiger partial charge in [0, 0.05) is 31.3 Å². The standard InChI is InChI=1S/C15H20N4O6/c1-18(8-17-9-20)4-10-2-3-11(15(25)14(10)24)5-19(6-12(16)21)7-13(22)23/h1-3,9,24-25H,4-8H2,(H2,16,21)(H,17,20)(H,22,23). The normalized spacial score (nSPS) is 10.8. The molecular weight excluding hydrogens is 332 g/mol. The SMILES string of the molecule is [CH]N(CNC=O)Cc1ccc(CN(CC(N)=O)CC(=O)O)c(O)c1O. The number of carbonyl (C=O) groups is 3. The molecule has 0 unspecified atom stereocenters. The molecule has 0 heterocycles. The molecular formula is C15H20N4O6. The summed E-state index contributed by atoms with van der Waals surface area (Å²) < 4.78 is 0. The number of benzene rings is 1. The summed E-state index contributed by atoms with van der Waals surface area (Å²) in [5.74, 6) is -2.76. The van der Waals surface area contributed by atoms with Crippen LogP contribution >= 0.6 is 0 Å². The van der Waals surface area contributed by atoms with Gasteiger partial charge in [-0.05, 0) is 0 Å². The summed E-state index contributed by atoms with van der Waals surface area (Å²) in [6, 6.07) is 2.97. The van der Waals surface area contributed by atoms with E-state index < -0.39 is 29.9 Å². The van der Waals surface area contributed by atoms with Gasteiger partial charge in [0.1, 0.15) is 0 Å². The molecule has 0 aliphatic carbocycles. The molecule has 2 amide bonds. The second-order valence-electron chi connectivity index (χ2n) is 5.31. The Morgan fingerprint density at radius 2 is 1.72 bits per heavy atom. The van der Waals surface area contributed by atoms with E-state index in [1.165, 1.54) is 21.9 Å². The van der Waals surface area contributed by atoms with Gasteiger partial charge in [-0.3, -0.25) is 24.2 Å². The monoisotopic (exact) mass is 352 g/mol. The van der Waals surface area contributed by atoms with E-state index in [4.69, 9.17) is 17.9 Å². The van der Waals surface area contributed by atoms with Gasteiger partial charge in [0.25, 0.3) is 0 Å². The number of hydrogen-bond acceptors (Lipinski definition) is 7. The van der Waals surface area contributed by atoms with Crippen LogP contribution in [0.2, 0.25) is 0 Å². The van der Waals surface area contributed by atoms with Crippen LogP contribution in [0.3, 0.4) is 0 Å². The van der Waals surface area contributed by atoms with Gasteiger partial charge in [-0.1, -0.05) is 12.1 Å². The first-order valence-corrected chi connectivity index (χ1v) is 7.16. The third-order valence-electron chi connectivity index (χ3n) is 3.20. The van der Waals surface area contributed by atoms with Crippen molar-refractivity contribution in [2.75, 3.05) is 19.8 Å². The maximum Gasteiger partial charge on any atom is 0.317 e. The fourth-order valence-electron chi connectivity index (χ4n) is 2.17. The minimum absolute atomic E-state index is 0.0381. The number of carboxylic acids is 1. The number of primary amides is 1. The molecule has 1 rings (SSSR count). The number of nitrogens with one attached hydrogen (secondary N) is 1. The van der Waals surface area contributed by atoms with Crippen LogP contribution in [0.1, 0.15) is 11.1 Å². The van der Waals surface area contributed by atoms with Crippen molar-refractivity contribution in [3.63, 3.8) is 0 Å². The second kappa shape index (κ2) is 9.45. The van der Waals surface area contributed by atoms with Crippen molar-refractivity contribution < 1.29 is 29.7 Å². The Morgan fingerprint density at radius 1 is 1.16 bits per heavy atom. The number of carboxylic acid groups (broad SMARTS) is 1. The van der Waals surface area contributed by atoms with Crippen molar-refractivity contribution in [1.82, 2.24) is 15.1 Å². The van der Waals surface area contributed by atoms with Crippen LogP contribution < -0.4 is 11.1 Å². The van der Waals surface area contributed by atoms with E-state index in [2.05, 4.69) is 5.32 Å². The number of phenols is 2. The number of hydrogen-bond donors (Lipinski definition) is 5. The summed E-state index contributed by atoms with van der Waals surface area (Å²) in [4.78, 5) is 34.5. The predicted molar refractivity (Wildman–Crippen MR) is 85.8 cm³/mol. The first-order chi connectivity index (χ1) is 11.7. The number of nitrogens with two attached hydrogens (primary N) is 1. The molecule has 0 spiro atoms. The zero-order chi connectivity index (χ0) is 19.0. The number of rotatable bonds is 11. The minimum Gasteiger partial charge on any atom is -0.504 e. The fourth-order valence-corrected chi connectivity index (χ4v) is 2.17. The first-order valence-electron chi connectivity index (χ1n) is 7.16. The van der Waals surface area contributed by atoms with E-state index in [9.17, 15) is 24.6 Å². The smallest absolute Gasteiger partial charge is 0.317 e. The Kier molecular flexibility index (Phi) is 7.63. The Morgan fingerprint density at radius 3 is 2.20 bits per heavy atom. The van der Waals surface area contributed by atoms with Gasteiger partial charge < -0.3 is 26.4 Å². The number of amides is 2.